The molecular formula is CH4ClN5O4. The second kappa shape index (κ2) is 4.12. The fourth-order valence-corrected chi connectivity index (χ4v) is 0.188. The van der Waals surface area contributed by atoms with E-state index >= 15 is 0 Å². The average Bonchev–Trinajstić information content (AvgIpc) is 2.12. The van der Waals surface area contributed by atoms with E-state index < -0.39 is 10.2 Å². The SMILES string of the molecule is NC1=NN=N[NH2+]1.[O-][Cl+3]([O-])([O-])[O-]. The molecule has 0 bridgehead atoms. The number of rotatable bonds is 0. The van der Waals surface area contributed by atoms with Crippen LogP contribution in [0.5, 0.6) is 0 Å². The van der Waals surface area contributed by atoms with Gasteiger partial charge in [-0.25, -0.2) is 18.6 Å². The normalized spacial score (nSPS) is 15.5. The molecule has 0 aromatic rings. The first-order valence-corrected chi connectivity index (χ1v) is 3.31. The van der Waals surface area contributed by atoms with Crippen LogP contribution in [0.3, 0.4) is 0 Å². The van der Waals surface area contributed by atoms with Crippen molar-refractivity contribution in [3.8, 4) is 0 Å². The maximum atomic E-state index is 8.49. The third-order valence-electron chi connectivity index (χ3n) is 0.402. The molecule has 0 aromatic heterocycles. The van der Waals surface area contributed by atoms with Crippen LogP contribution in [0.4, 0.5) is 0 Å². The predicted molar refractivity (Wildman–Crippen MR) is 18.4 cm³/mol. The van der Waals surface area contributed by atoms with E-state index in [0.717, 1.165) is 0 Å². The van der Waals surface area contributed by atoms with Crippen molar-refractivity contribution < 1.29 is 34.3 Å². The molecule has 0 unspecified atom stereocenters. The highest BCUT2D eigenvalue weighted by molar-refractivity contribution is 5.67. The molecule has 64 valence electrons. The Morgan fingerprint density at radius 1 is 1.27 bits per heavy atom. The van der Waals surface area contributed by atoms with Crippen LogP contribution in [0.1, 0.15) is 0 Å². The van der Waals surface area contributed by atoms with Crippen molar-refractivity contribution in [1.29, 1.82) is 0 Å². The van der Waals surface area contributed by atoms with Crippen LogP contribution in [-0.2, 0) is 0 Å². The summed E-state index contributed by atoms with van der Waals surface area (Å²) in [4.78, 5) is 0. The molecule has 0 fully saturated rings. The van der Waals surface area contributed by atoms with Gasteiger partial charge < -0.3 is 5.73 Å². The first-order chi connectivity index (χ1) is 4.89. The summed E-state index contributed by atoms with van der Waals surface area (Å²) in [7, 11) is -4.94. The standard InChI is InChI=1S/CH3N5.ClHO4/c2-1-3-5-6-4-1;2-1(3,4)5/h(H3,2,3,4,5,6);(H,2,3,4,5). The predicted octanol–water partition coefficient (Wildman–Crippen LogP) is -6.60. The minimum Gasteiger partial charge on any atom is -0.334 e. The molecule has 0 aromatic carbocycles. The van der Waals surface area contributed by atoms with Crippen molar-refractivity contribution in [2.75, 3.05) is 0 Å². The number of hydrogen-bond acceptors (Lipinski definition) is 8. The summed E-state index contributed by atoms with van der Waals surface area (Å²) < 4.78 is 34.0. The van der Waals surface area contributed by atoms with E-state index in [4.69, 9.17) is 24.4 Å². The van der Waals surface area contributed by atoms with Gasteiger partial charge in [0, 0.05) is 5.22 Å². The van der Waals surface area contributed by atoms with Crippen LogP contribution in [0.15, 0.2) is 15.5 Å². The van der Waals surface area contributed by atoms with Crippen LogP contribution in [0.25, 0.3) is 0 Å². The Kier molecular flexibility index (Phi) is 3.81. The second-order valence-corrected chi connectivity index (χ2v) is 1.99. The van der Waals surface area contributed by atoms with Crippen molar-refractivity contribution in [2.45, 2.75) is 0 Å². The monoisotopic (exact) mass is 185 g/mol. The second-order valence-electron chi connectivity index (χ2n) is 1.24. The summed E-state index contributed by atoms with van der Waals surface area (Å²) in [6.45, 7) is 0. The van der Waals surface area contributed by atoms with E-state index in [-0.39, 0.29) is 0 Å². The topological polar surface area (TPSA) is 172 Å². The third kappa shape index (κ3) is 12.4. The minimum absolute atomic E-state index is 0.370. The molecule has 4 N–H and O–H groups in total. The van der Waals surface area contributed by atoms with Crippen LogP contribution < -0.4 is 29.8 Å². The summed E-state index contributed by atoms with van der Waals surface area (Å²) in [5.41, 5.74) is 6.43. The molecule has 1 aliphatic rings. The van der Waals surface area contributed by atoms with E-state index in [1.165, 1.54) is 5.43 Å². The van der Waals surface area contributed by atoms with E-state index in [1.54, 1.807) is 0 Å². The van der Waals surface area contributed by atoms with Gasteiger partial charge in [0.25, 0.3) is 0 Å². The molecule has 0 spiro atoms. The molecule has 0 radical (unpaired) electrons. The third-order valence-corrected chi connectivity index (χ3v) is 0.402. The number of guanidine groups is 1. The van der Waals surface area contributed by atoms with E-state index in [1.807, 2.05) is 0 Å². The molecule has 1 heterocycles. The Bertz CT molecular complexity index is 166. The van der Waals surface area contributed by atoms with Crippen LogP contribution in [0, 0.1) is 10.2 Å². The van der Waals surface area contributed by atoms with Crippen molar-refractivity contribution in [2.24, 2.45) is 21.3 Å². The lowest BCUT2D eigenvalue weighted by Gasteiger charge is -2.17. The molecule has 10 heteroatoms. The molecule has 0 saturated heterocycles. The van der Waals surface area contributed by atoms with Gasteiger partial charge in [0.2, 0.25) is 0 Å². The van der Waals surface area contributed by atoms with Gasteiger partial charge in [0.05, 0.1) is 5.22 Å². The molecule has 1 rings (SSSR count). The van der Waals surface area contributed by atoms with Gasteiger partial charge in [0.1, 0.15) is 0 Å². The van der Waals surface area contributed by atoms with Crippen LogP contribution >= 0.6 is 0 Å². The highest BCUT2D eigenvalue weighted by Crippen LogP contribution is 1.69. The van der Waals surface area contributed by atoms with Crippen LogP contribution in [0.2, 0.25) is 0 Å². The van der Waals surface area contributed by atoms with Gasteiger partial charge in [-0.05, 0) is 5.10 Å². The van der Waals surface area contributed by atoms with Crippen molar-refractivity contribution in [3.63, 3.8) is 0 Å². The number of quaternary nitrogens is 1. The summed E-state index contributed by atoms with van der Waals surface area (Å²) in [5.74, 6) is 0.370. The Balaban J connectivity index is 0.000000187. The van der Waals surface area contributed by atoms with Gasteiger partial charge in [-0.3, -0.25) is 0 Å². The Morgan fingerprint density at radius 3 is 1.82 bits per heavy atom. The number of halogens is 1. The van der Waals surface area contributed by atoms with Gasteiger partial charge >= 0.3 is 5.96 Å². The fourth-order valence-electron chi connectivity index (χ4n) is 0.188. The highest BCUT2D eigenvalue weighted by atomic mass is 35.7. The Hall–Kier alpha value is -0.840. The largest absolute Gasteiger partial charge is 0.345 e. The van der Waals surface area contributed by atoms with Gasteiger partial charge in [-0.2, -0.15) is 0 Å². The van der Waals surface area contributed by atoms with Crippen molar-refractivity contribution in [3.05, 3.63) is 0 Å². The first kappa shape index (κ1) is 10.2. The quantitative estimate of drug-likeness (QED) is 0.356. The molecular weight excluding hydrogens is 181 g/mol. The molecule has 1 aliphatic heterocycles. The molecule has 0 amide bonds. The maximum absolute atomic E-state index is 8.49. The fraction of sp³-hybridized carbons (Fsp3) is 0. The van der Waals surface area contributed by atoms with E-state index in [9.17, 15) is 0 Å². The summed E-state index contributed by atoms with van der Waals surface area (Å²) in [6, 6.07) is 0. The number of nitrogens with two attached hydrogens (primary N) is 2. The van der Waals surface area contributed by atoms with Crippen molar-refractivity contribution >= 4 is 5.96 Å². The minimum atomic E-state index is -4.94. The summed E-state index contributed by atoms with van der Waals surface area (Å²) in [6.07, 6.45) is 0. The zero-order valence-corrected chi connectivity index (χ0v) is 5.76. The van der Waals surface area contributed by atoms with Gasteiger partial charge in [-0.1, -0.05) is 0 Å². The lowest BCUT2D eigenvalue weighted by molar-refractivity contribution is -2.00. The van der Waals surface area contributed by atoms with Gasteiger partial charge in [0.15, 0.2) is 0 Å². The Labute approximate surface area is 62.5 Å². The van der Waals surface area contributed by atoms with E-state index in [2.05, 4.69) is 15.5 Å². The lowest BCUT2D eigenvalue weighted by atomic mass is 11.1. The molecule has 0 aliphatic carbocycles. The van der Waals surface area contributed by atoms with Crippen molar-refractivity contribution in [1.82, 2.24) is 0 Å². The number of nitrogens with zero attached hydrogens (tertiary/aromatic N) is 3. The maximum Gasteiger partial charge on any atom is 0.345 e. The smallest absolute Gasteiger partial charge is 0.334 e. The zero-order chi connectivity index (χ0) is 8.91. The summed E-state index contributed by atoms with van der Waals surface area (Å²) in [5, 5.41) is 9.87. The average molecular weight is 186 g/mol. The van der Waals surface area contributed by atoms with Gasteiger partial charge in [-0.15, -0.1) is 15.7 Å². The van der Waals surface area contributed by atoms with E-state index in [0.29, 0.717) is 5.96 Å². The molecule has 0 atom stereocenters. The molecule has 9 nitrogen and oxygen atoms in total. The molecule has 0 saturated carbocycles. The van der Waals surface area contributed by atoms with Crippen LogP contribution in [-0.4, -0.2) is 5.96 Å². The zero-order valence-electron chi connectivity index (χ0n) is 5.01. The lowest BCUT2D eigenvalue weighted by Crippen LogP contribution is -2.83. The Morgan fingerprint density at radius 2 is 1.73 bits per heavy atom. The number of hydrogen-bond donors (Lipinski definition) is 2. The summed E-state index contributed by atoms with van der Waals surface area (Å²) >= 11 is 0. The first-order valence-electron chi connectivity index (χ1n) is 2.08. The molecule has 11 heavy (non-hydrogen) atoms. The highest BCUT2D eigenvalue weighted by Gasteiger charge is 1.97.